The van der Waals surface area contributed by atoms with Crippen LogP contribution in [0.25, 0.3) is 0 Å². The van der Waals surface area contributed by atoms with Gasteiger partial charge in [-0.05, 0) is 26.3 Å². The van der Waals surface area contributed by atoms with Gasteiger partial charge in [0, 0.05) is 44.1 Å². The van der Waals surface area contributed by atoms with Crippen LogP contribution in [0.4, 0.5) is 13.2 Å². The minimum absolute atomic E-state index is 0.0400. The van der Waals surface area contributed by atoms with Gasteiger partial charge in [0.2, 0.25) is 5.91 Å². The van der Waals surface area contributed by atoms with Crippen LogP contribution < -0.4 is 0 Å². The SMILES string of the molecule is CCOC(=O)[C@]12CCCN(Cc3nccs3)C[C@H]1CN(C(C)=O)C2.O=C(O)C(F)(F)F. The molecule has 2 saturated heterocycles. The third-order valence-corrected chi connectivity index (χ3v) is 6.25. The number of ether oxygens (including phenoxy) is 1. The van der Waals surface area contributed by atoms with Crippen LogP contribution in [0.5, 0.6) is 0 Å². The van der Waals surface area contributed by atoms with E-state index in [2.05, 4.69) is 9.88 Å². The van der Waals surface area contributed by atoms with Crippen LogP contribution in [0, 0.1) is 11.3 Å². The highest BCUT2D eigenvalue weighted by molar-refractivity contribution is 7.09. The first-order valence-electron chi connectivity index (χ1n) is 9.83. The molecule has 2 fully saturated rings. The summed E-state index contributed by atoms with van der Waals surface area (Å²) in [7, 11) is 0. The summed E-state index contributed by atoms with van der Waals surface area (Å²) in [5.74, 6) is -2.72. The lowest BCUT2D eigenvalue weighted by molar-refractivity contribution is -0.192. The second-order valence-electron chi connectivity index (χ2n) is 7.54. The number of halogens is 3. The molecule has 1 amide bonds. The van der Waals surface area contributed by atoms with E-state index in [0.717, 1.165) is 37.5 Å². The number of thiazole rings is 1. The van der Waals surface area contributed by atoms with Crippen LogP contribution in [0.3, 0.4) is 0 Å². The van der Waals surface area contributed by atoms with Crippen molar-refractivity contribution in [2.24, 2.45) is 11.3 Å². The summed E-state index contributed by atoms with van der Waals surface area (Å²) in [6.45, 7) is 7.52. The van der Waals surface area contributed by atoms with Crippen LogP contribution in [0.15, 0.2) is 11.6 Å². The molecule has 0 spiro atoms. The molecule has 0 bridgehead atoms. The number of carboxylic acids is 1. The molecule has 1 N–H and O–H groups in total. The Hall–Kier alpha value is -2.21. The van der Waals surface area contributed by atoms with E-state index in [1.165, 1.54) is 0 Å². The van der Waals surface area contributed by atoms with Crippen LogP contribution in [-0.4, -0.2) is 76.7 Å². The zero-order valence-corrected chi connectivity index (χ0v) is 18.2. The quantitative estimate of drug-likeness (QED) is 0.682. The maximum atomic E-state index is 12.8. The summed E-state index contributed by atoms with van der Waals surface area (Å²) in [5.41, 5.74) is -0.542. The molecule has 12 heteroatoms. The molecule has 8 nitrogen and oxygen atoms in total. The summed E-state index contributed by atoms with van der Waals surface area (Å²) in [5, 5.41) is 10.2. The van der Waals surface area contributed by atoms with Crippen molar-refractivity contribution in [3.63, 3.8) is 0 Å². The lowest BCUT2D eigenvalue weighted by atomic mass is 9.75. The van der Waals surface area contributed by atoms with Crippen molar-refractivity contribution in [3.05, 3.63) is 16.6 Å². The van der Waals surface area contributed by atoms with E-state index in [-0.39, 0.29) is 17.8 Å². The number of hydrogen-bond donors (Lipinski definition) is 1. The molecule has 2 aliphatic rings. The van der Waals surface area contributed by atoms with Gasteiger partial charge in [-0.1, -0.05) is 0 Å². The maximum absolute atomic E-state index is 12.8. The van der Waals surface area contributed by atoms with Gasteiger partial charge in [0.25, 0.3) is 0 Å². The Morgan fingerprint density at radius 3 is 2.55 bits per heavy atom. The van der Waals surface area contributed by atoms with E-state index in [1.807, 2.05) is 23.4 Å². The van der Waals surface area contributed by atoms with Gasteiger partial charge in [0.1, 0.15) is 5.01 Å². The summed E-state index contributed by atoms with van der Waals surface area (Å²) < 4.78 is 37.1. The average molecular weight is 465 g/mol. The second kappa shape index (κ2) is 10.4. The Kier molecular flexibility index (Phi) is 8.41. The molecule has 0 unspecified atom stereocenters. The van der Waals surface area contributed by atoms with Crippen molar-refractivity contribution in [3.8, 4) is 0 Å². The number of rotatable bonds is 4. The highest BCUT2D eigenvalue weighted by Gasteiger charge is 2.54. The molecule has 1 aromatic heterocycles. The third kappa shape index (κ3) is 6.39. The zero-order chi connectivity index (χ0) is 23.2. The largest absolute Gasteiger partial charge is 0.490 e. The van der Waals surface area contributed by atoms with Crippen molar-refractivity contribution in [2.75, 3.05) is 32.8 Å². The second-order valence-corrected chi connectivity index (χ2v) is 8.52. The number of nitrogens with zero attached hydrogens (tertiary/aromatic N) is 3. The van der Waals surface area contributed by atoms with E-state index < -0.39 is 17.6 Å². The molecule has 3 heterocycles. The Bertz CT molecular complexity index is 774. The monoisotopic (exact) mass is 465 g/mol. The van der Waals surface area contributed by atoms with Crippen LogP contribution in [0.2, 0.25) is 0 Å². The Labute approximate surface area is 182 Å². The number of carbonyl (C=O) groups is 3. The molecule has 0 aliphatic carbocycles. The van der Waals surface area contributed by atoms with Gasteiger partial charge < -0.3 is 14.7 Å². The lowest BCUT2D eigenvalue weighted by Gasteiger charge is -2.31. The van der Waals surface area contributed by atoms with E-state index in [1.54, 1.807) is 18.3 Å². The van der Waals surface area contributed by atoms with Crippen molar-refractivity contribution >= 4 is 29.2 Å². The number of fused-ring (bicyclic) bond motifs is 1. The highest BCUT2D eigenvalue weighted by atomic mass is 32.1. The van der Waals surface area contributed by atoms with Gasteiger partial charge >= 0.3 is 18.1 Å². The van der Waals surface area contributed by atoms with Gasteiger partial charge in [-0.15, -0.1) is 11.3 Å². The fourth-order valence-corrected chi connectivity index (χ4v) is 4.68. The van der Waals surface area contributed by atoms with Gasteiger partial charge in [0.05, 0.1) is 18.6 Å². The fraction of sp³-hybridized carbons (Fsp3) is 0.684. The summed E-state index contributed by atoms with van der Waals surface area (Å²) in [4.78, 5) is 42.1. The van der Waals surface area contributed by atoms with Crippen LogP contribution in [-0.2, 0) is 25.7 Å². The third-order valence-electron chi connectivity index (χ3n) is 5.48. The predicted molar refractivity (Wildman–Crippen MR) is 105 cm³/mol. The first kappa shape index (κ1) is 25.1. The van der Waals surface area contributed by atoms with Crippen molar-refractivity contribution in [2.45, 2.75) is 39.4 Å². The number of aliphatic carboxylic acids is 1. The van der Waals surface area contributed by atoms with Crippen LogP contribution in [0.1, 0.15) is 31.7 Å². The molecule has 31 heavy (non-hydrogen) atoms. The standard InChI is InChI=1S/C17H25N3O3S.C2HF3O2/c1-3-23-16(22)17-5-4-7-19(11-15-18-6-8-24-15)9-14(17)10-20(12-17)13(2)21;3-2(4,5)1(6)7/h6,8,14H,3-5,7,9-12H2,1-2H3;(H,6,7)/t14-,17-;/m0./s1. The molecule has 174 valence electrons. The highest BCUT2D eigenvalue weighted by Crippen LogP contribution is 2.44. The lowest BCUT2D eigenvalue weighted by Crippen LogP contribution is -2.42. The Balaban J connectivity index is 0.000000423. The Morgan fingerprint density at radius 2 is 2.03 bits per heavy atom. The summed E-state index contributed by atoms with van der Waals surface area (Å²) >= 11 is 1.66. The molecule has 3 rings (SSSR count). The van der Waals surface area contributed by atoms with E-state index in [4.69, 9.17) is 14.6 Å². The first-order chi connectivity index (χ1) is 14.5. The predicted octanol–water partition coefficient (Wildman–Crippen LogP) is 2.40. The average Bonchev–Trinajstić information content (AvgIpc) is 3.27. The molecule has 2 aliphatic heterocycles. The molecular formula is C19H26F3N3O5S. The zero-order valence-electron chi connectivity index (χ0n) is 17.4. The van der Waals surface area contributed by atoms with Gasteiger partial charge in [-0.25, -0.2) is 9.78 Å². The van der Waals surface area contributed by atoms with Crippen molar-refractivity contribution < 1.29 is 37.4 Å². The Morgan fingerprint density at radius 1 is 1.35 bits per heavy atom. The number of esters is 1. The van der Waals surface area contributed by atoms with E-state index in [9.17, 15) is 22.8 Å². The normalized spacial score (nSPS) is 23.9. The number of aromatic nitrogens is 1. The molecule has 0 radical (unpaired) electrons. The number of hydrogen-bond acceptors (Lipinski definition) is 7. The first-order valence-corrected chi connectivity index (χ1v) is 10.7. The van der Waals surface area contributed by atoms with Gasteiger partial charge in [-0.2, -0.15) is 13.2 Å². The smallest absolute Gasteiger partial charge is 0.475 e. The van der Waals surface area contributed by atoms with Crippen LogP contribution >= 0.6 is 11.3 Å². The molecule has 0 aromatic carbocycles. The van der Waals surface area contributed by atoms with Crippen molar-refractivity contribution in [1.29, 1.82) is 0 Å². The topological polar surface area (TPSA) is 100 Å². The molecule has 1 aromatic rings. The molecule has 2 atom stereocenters. The fourth-order valence-electron chi connectivity index (χ4n) is 4.03. The minimum Gasteiger partial charge on any atom is -0.475 e. The number of likely N-dealkylation sites (tertiary alicyclic amines) is 2. The number of alkyl halides is 3. The number of carboxylic acid groups (broad SMARTS) is 1. The van der Waals surface area contributed by atoms with E-state index in [0.29, 0.717) is 19.7 Å². The van der Waals surface area contributed by atoms with E-state index >= 15 is 0 Å². The van der Waals surface area contributed by atoms with Gasteiger partial charge in [-0.3, -0.25) is 14.5 Å². The summed E-state index contributed by atoms with van der Waals surface area (Å²) in [6.07, 6.45) is -1.53. The maximum Gasteiger partial charge on any atom is 0.490 e. The summed E-state index contributed by atoms with van der Waals surface area (Å²) in [6, 6.07) is 0. The molecular weight excluding hydrogens is 439 g/mol. The number of amides is 1. The molecule has 0 saturated carbocycles. The van der Waals surface area contributed by atoms with Gasteiger partial charge in [0.15, 0.2) is 0 Å². The van der Waals surface area contributed by atoms with Crippen molar-refractivity contribution in [1.82, 2.24) is 14.8 Å². The number of carbonyl (C=O) groups excluding carboxylic acids is 2. The minimum atomic E-state index is -5.08.